The summed E-state index contributed by atoms with van der Waals surface area (Å²) in [5.41, 5.74) is 2.15. The van der Waals surface area contributed by atoms with Gasteiger partial charge in [0.1, 0.15) is 6.26 Å². The molecule has 0 unspecified atom stereocenters. The van der Waals surface area contributed by atoms with E-state index in [1.165, 1.54) is 25.5 Å². The molecule has 1 N–H and O–H groups in total. The molecule has 1 heterocycles. The molecule has 2 aromatic rings. The van der Waals surface area contributed by atoms with Gasteiger partial charge in [0.25, 0.3) is 5.91 Å². The molecular weight excluding hydrogens is 304 g/mol. The fourth-order valence-electron chi connectivity index (χ4n) is 2.80. The maximum Gasteiger partial charge on any atom is 0.277 e. The Morgan fingerprint density at radius 3 is 2.92 bits per heavy atom. The lowest BCUT2D eigenvalue weighted by molar-refractivity contribution is 0.102. The number of anilines is 1. The van der Waals surface area contributed by atoms with Crippen molar-refractivity contribution in [2.24, 2.45) is 5.92 Å². The van der Waals surface area contributed by atoms with Crippen molar-refractivity contribution in [3.8, 4) is 0 Å². The zero-order valence-electron chi connectivity index (χ0n) is 13.7. The van der Waals surface area contributed by atoms with E-state index in [0.29, 0.717) is 24.1 Å². The number of aromatic nitrogens is 1. The summed E-state index contributed by atoms with van der Waals surface area (Å²) >= 11 is 0. The Bertz CT molecular complexity index is 717. The van der Waals surface area contributed by atoms with Crippen molar-refractivity contribution in [2.45, 2.75) is 44.6 Å². The van der Waals surface area contributed by atoms with Gasteiger partial charge in [0.05, 0.1) is 6.61 Å². The number of hydrogen-bond acceptors (Lipinski definition) is 4. The van der Waals surface area contributed by atoms with Crippen LogP contribution in [0, 0.1) is 5.92 Å². The Hall–Kier alpha value is -2.14. The van der Waals surface area contributed by atoms with Crippen LogP contribution in [0.2, 0.25) is 0 Å². The lowest BCUT2D eigenvalue weighted by Crippen LogP contribution is -2.14. The normalized spacial score (nSPS) is 17.5. The monoisotopic (exact) mass is 326 g/mol. The van der Waals surface area contributed by atoms with Crippen LogP contribution in [0.25, 0.3) is 0 Å². The largest absolute Gasteiger partial charge is 0.448 e. The summed E-state index contributed by atoms with van der Waals surface area (Å²) in [6.07, 6.45) is 7.44. The number of rotatable bonds is 7. The first-order chi connectivity index (χ1) is 11.8. The van der Waals surface area contributed by atoms with Crippen molar-refractivity contribution in [2.75, 3.05) is 11.9 Å². The number of benzene rings is 1. The molecule has 0 spiro atoms. The van der Waals surface area contributed by atoms with Crippen LogP contribution in [-0.2, 0) is 11.3 Å². The molecule has 2 saturated carbocycles. The predicted octanol–water partition coefficient (Wildman–Crippen LogP) is 4.12. The van der Waals surface area contributed by atoms with Crippen LogP contribution in [0.5, 0.6) is 0 Å². The average Bonchev–Trinajstić information content (AvgIpc) is 3.22. The van der Waals surface area contributed by atoms with Crippen LogP contribution in [0.1, 0.15) is 60.0 Å². The first kappa shape index (κ1) is 15.4. The first-order valence-electron chi connectivity index (χ1n) is 8.71. The minimum absolute atomic E-state index is 0.236. The van der Waals surface area contributed by atoms with Gasteiger partial charge in [-0.2, -0.15) is 0 Å². The number of nitrogens with one attached hydrogen (secondary N) is 1. The van der Waals surface area contributed by atoms with Crippen molar-refractivity contribution < 1.29 is 13.9 Å². The van der Waals surface area contributed by atoms with E-state index in [2.05, 4.69) is 10.3 Å². The van der Waals surface area contributed by atoms with Crippen LogP contribution in [0.4, 0.5) is 5.69 Å². The molecule has 5 heteroatoms. The molecule has 1 amide bonds. The lowest BCUT2D eigenvalue weighted by Gasteiger charge is -2.21. The van der Waals surface area contributed by atoms with E-state index in [1.54, 1.807) is 0 Å². The summed E-state index contributed by atoms with van der Waals surface area (Å²) in [5, 5.41) is 2.88. The number of hydrogen-bond donors (Lipinski definition) is 1. The van der Waals surface area contributed by atoms with E-state index in [4.69, 9.17) is 9.15 Å². The van der Waals surface area contributed by atoms with E-state index >= 15 is 0 Å². The second-order valence-electron chi connectivity index (χ2n) is 6.81. The number of nitrogens with zero attached hydrogens (tertiary/aromatic N) is 1. The summed E-state index contributed by atoms with van der Waals surface area (Å²) in [7, 11) is 0. The predicted molar refractivity (Wildman–Crippen MR) is 89.9 cm³/mol. The van der Waals surface area contributed by atoms with Crippen molar-refractivity contribution in [3.05, 3.63) is 47.7 Å². The number of ether oxygens (including phenoxy) is 1. The SMILES string of the molecule is O=C(Nc1cccc(COCC2CC2)c1)c1coc(C2CCC2)n1. The topological polar surface area (TPSA) is 64.4 Å². The zero-order valence-corrected chi connectivity index (χ0v) is 13.7. The van der Waals surface area contributed by atoms with Crippen LogP contribution in [0.3, 0.4) is 0 Å². The van der Waals surface area contributed by atoms with E-state index in [-0.39, 0.29) is 5.91 Å². The molecule has 0 radical (unpaired) electrons. The fraction of sp³-hybridized carbons (Fsp3) is 0.474. The molecule has 0 aliphatic heterocycles. The Labute approximate surface area is 141 Å². The third-order valence-corrected chi connectivity index (χ3v) is 4.71. The molecule has 1 aromatic heterocycles. The molecule has 2 aliphatic carbocycles. The number of carbonyl (C=O) groups is 1. The van der Waals surface area contributed by atoms with Crippen molar-refractivity contribution in [3.63, 3.8) is 0 Å². The Morgan fingerprint density at radius 2 is 2.17 bits per heavy atom. The van der Waals surface area contributed by atoms with Crippen molar-refractivity contribution >= 4 is 11.6 Å². The van der Waals surface area contributed by atoms with Gasteiger partial charge in [-0.15, -0.1) is 0 Å². The molecule has 2 fully saturated rings. The number of oxazole rings is 1. The van der Waals surface area contributed by atoms with Gasteiger partial charge in [-0.3, -0.25) is 4.79 Å². The third kappa shape index (κ3) is 3.67. The average molecular weight is 326 g/mol. The van der Waals surface area contributed by atoms with Crippen LogP contribution in [-0.4, -0.2) is 17.5 Å². The highest BCUT2D eigenvalue weighted by Crippen LogP contribution is 2.35. The Balaban J connectivity index is 1.34. The minimum atomic E-state index is -0.236. The molecule has 4 rings (SSSR count). The maximum atomic E-state index is 12.3. The van der Waals surface area contributed by atoms with Gasteiger partial charge in [-0.1, -0.05) is 18.6 Å². The number of carbonyl (C=O) groups excluding carboxylic acids is 1. The quantitative estimate of drug-likeness (QED) is 0.831. The fourth-order valence-corrected chi connectivity index (χ4v) is 2.80. The molecule has 2 aliphatic rings. The third-order valence-electron chi connectivity index (χ3n) is 4.71. The standard InChI is InChI=1S/C19H22N2O3/c22-18(17-12-24-19(21-17)15-4-2-5-15)20-16-6-1-3-14(9-16)11-23-10-13-7-8-13/h1,3,6,9,12-13,15H,2,4-5,7-8,10-11H2,(H,20,22). The second kappa shape index (κ2) is 6.77. The van der Waals surface area contributed by atoms with E-state index in [9.17, 15) is 4.79 Å². The molecule has 0 bridgehead atoms. The van der Waals surface area contributed by atoms with Crippen LogP contribution < -0.4 is 5.32 Å². The second-order valence-corrected chi connectivity index (χ2v) is 6.81. The molecule has 5 nitrogen and oxygen atoms in total. The summed E-state index contributed by atoms with van der Waals surface area (Å²) in [6.45, 7) is 1.41. The first-order valence-corrected chi connectivity index (χ1v) is 8.71. The molecular formula is C19H22N2O3. The van der Waals surface area contributed by atoms with Gasteiger partial charge in [0, 0.05) is 18.2 Å². The van der Waals surface area contributed by atoms with Gasteiger partial charge >= 0.3 is 0 Å². The van der Waals surface area contributed by atoms with Crippen LogP contribution in [0.15, 0.2) is 34.9 Å². The van der Waals surface area contributed by atoms with Gasteiger partial charge < -0.3 is 14.5 Å². The highest BCUT2D eigenvalue weighted by Gasteiger charge is 2.25. The van der Waals surface area contributed by atoms with E-state index in [0.717, 1.165) is 36.6 Å². The summed E-state index contributed by atoms with van der Waals surface area (Å²) in [6, 6.07) is 7.74. The summed E-state index contributed by atoms with van der Waals surface area (Å²) in [4.78, 5) is 16.6. The number of amides is 1. The van der Waals surface area contributed by atoms with Gasteiger partial charge in [0.2, 0.25) is 0 Å². The van der Waals surface area contributed by atoms with Gasteiger partial charge in [-0.25, -0.2) is 4.98 Å². The van der Waals surface area contributed by atoms with E-state index < -0.39 is 0 Å². The van der Waals surface area contributed by atoms with Gasteiger partial charge in [-0.05, 0) is 49.3 Å². The highest BCUT2D eigenvalue weighted by atomic mass is 16.5. The lowest BCUT2D eigenvalue weighted by atomic mass is 9.85. The molecule has 0 atom stereocenters. The van der Waals surface area contributed by atoms with Crippen molar-refractivity contribution in [1.82, 2.24) is 4.98 Å². The minimum Gasteiger partial charge on any atom is -0.448 e. The molecule has 1 aromatic carbocycles. The van der Waals surface area contributed by atoms with Crippen LogP contribution >= 0.6 is 0 Å². The summed E-state index contributed by atoms with van der Waals surface area (Å²) < 4.78 is 11.1. The zero-order chi connectivity index (χ0) is 16.4. The molecule has 0 saturated heterocycles. The van der Waals surface area contributed by atoms with E-state index in [1.807, 2.05) is 24.3 Å². The molecule has 24 heavy (non-hydrogen) atoms. The Kier molecular flexibility index (Phi) is 4.34. The van der Waals surface area contributed by atoms with Crippen molar-refractivity contribution in [1.29, 1.82) is 0 Å². The Morgan fingerprint density at radius 1 is 1.29 bits per heavy atom. The highest BCUT2D eigenvalue weighted by molar-refractivity contribution is 6.02. The maximum absolute atomic E-state index is 12.3. The smallest absolute Gasteiger partial charge is 0.277 e. The van der Waals surface area contributed by atoms with Gasteiger partial charge in [0.15, 0.2) is 11.6 Å². The summed E-state index contributed by atoms with van der Waals surface area (Å²) in [5.74, 6) is 1.59. The molecule has 126 valence electrons.